The normalized spacial score (nSPS) is 21.7. The van der Waals surface area contributed by atoms with Crippen molar-refractivity contribution in [2.45, 2.75) is 31.2 Å². The average Bonchev–Trinajstić information content (AvgIpc) is 3.64. The topological polar surface area (TPSA) is 15.4 Å². The zero-order valence-electron chi connectivity index (χ0n) is 25.0. The first-order valence-corrected chi connectivity index (χ1v) is 15.8. The largest absolute Gasteiger partial charge is 0.331 e. The molecule has 0 N–H and O–H groups in total. The van der Waals surface area contributed by atoms with E-state index in [1.54, 1.807) is 0 Å². The van der Waals surface area contributed by atoms with Crippen molar-refractivity contribution in [3.63, 3.8) is 0 Å². The van der Waals surface area contributed by atoms with Gasteiger partial charge in [0, 0.05) is 5.56 Å². The van der Waals surface area contributed by atoms with Gasteiger partial charge in [-0.25, -0.2) is 4.58 Å². The fourth-order valence-electron chi connectivity index (χ4n) is 7.91. The molecule has 0 amide bonds. The van der Waals surface area contributed by atoms with Crippen molar-refractivity contribution >= 4 is 17.2 Å². The maximum Gasteiger partial charge on any atom is 0.331 e. The number of amidine groups is 1. The molecule has 3 atom stereocenters. The second-order valence-electron chi connectivity index (χ2n) is 11.9. The maximum absolute atomic E-state index is 5.56. The monoisotopic (exact) mass is 567 g/mol. The number of fused-ring (bicyclic) bond motifs is 3. The lowest BCUT2D eigenvalue weighted by atomic mass is 9.62. The van der Waals surface area contributed by atoms with E-state index in [1.807, 2.05) is 0 Å². The summed E-state index contributed by atoms with van der Waals surface area (Å²) in [4.78, 5) is 5.56. The first-order valence-electron chi connectivity index (χ1n) is 15.8. The summed E-state index contributed by atoms with van der Waals surface area (Å²) < 4.78 is 2.45. The molecular formula is C42H35N2+. The van der Waals surface area contributed by atoms with E-state index < -0.39 is 0 Å². The minimum atomic E-state index is -0.295. The van der Waals surface area contributed by atoms with Gasteiger partial charge in [-0.3, -0.25) is 0 Å². The van der Waals surface area contributed by atoms with Gasteiger partial charge in [0.25, 0.3) is 0 Å². The lowest BCUT2D eigenvalue weighted by molar-refractivity contribution is -0.460. The Bertz CT molecular complexity index is 1970. The molecule has 5 aromatic rings. The van der Waals surface area contributed by atoms with Crippen LogP contribution in [0.1, 0.15) is 47.6 Å². The van der Waals surface area contributed by atoms with Gasteiger partial charge in [-0.15, -0.1) is 0 Å². The van der Waals surface area contributed by atoms with Gasteiger partial charge in [0.2, 0.25) is 5.71 Å². The van der Waals surface area contributed by atoms with Crippen LogP contribution in [-0.2, 0) is 5.41 Å². The quantitative estimate of drug-likeness (QED) is 0.182. The Morgan fingerprint density at radius 1 is 0.682 bits per heavy atom. The molecule has 0 radical (unpaired) electrons. The Morgan fingerprint density at radius 3 is 2.07 bits per heavy atom. The molecular weight excluding hydrogens is 532 g/mol. The van der Waals surface area contributed by atoms with Crippen molar-refractivity contribution in [3.8, 4) is 11.1 Å². The van der Waals surface area contributed by atoms with Crippen molar-refractivity contribution in [2.24, 2.45) is 10.9 Å². The Labute approximate surface area is 260 Å². The van der Waals surface area contributed by atoms with Crippen molar-refractivity contribution in [3.05, 3.63) is 186 Å². The predicted octanol–water partition coefficient (Wildman–Crippen LogP) is 9.51. The summed E-state index contributed by atoms with van der Waals surface area (Å²) in [6, 6.07) is 48.7. The molecule has 1 heterocycles. The first kappa shape index (κ1) is 26.5. The molecule has 0 fully saturated rings. The number of benzene rings is 5. The van der Waals surface area contributed by atoms with Gasteiger partial charge in [0.05, 0.1) is 11.0 Å². The van der Waals surface area contributed by atoms with Crippen LogP contribution in [0.2, 0.25) is 0 Å². The minimum absolute atomic E-state index is 0.107. The van der Waals surface area contributed by atoms with Crippen molar-refractivity contribution in [1.29, 1.82) is 0 Å². The molecule has 0 aromatic heterocycles. The lowest BCUT2D eigenvalue weighted by Gasteiger charge is -2.39. The Balaban J connectivity index is 1.40. The number of aliphatic imine (C=N–C) groups is 1. The van der Waals surface area contributed by atoms with Crippen LogP contribution in [0, 0.1) is 5.92 Å². The highest BCUT2D eigenvalue weighted by molar-refractivity contribution is 6.19. The molecule has 0 spiro atoms. The zero-order valence-corrected chi connectivity index (χ0v) is 25.0. The van der Waals surface area contributed by atoms with Crippen LogP contribution in [0.3, 0.4) is 0 Å². The van der Waals surface area contributed by atoms with E-state index in [0.717, 1.165) is 30.0 Å². The first-order chi connectivity index (χ1) is 21.8. The third-order valence-electron chi connectivity index (χ3n) is 9.69. The van der Waals surface area contributed by atoms with E-state index in [2.05, 4.69) is 169 Å². The molecule has 3 unspecified atom stereocenters. The summed E-state index contributed by atoms with van der Waals surface area (Å²) in [6.45, 7) is 2.29. The SMILES string of the molecule is CCC1C(c2cccc3c2-c2ccccc2C3(c2ccccc2)C2C=CC=CC2)=NC(c2ccccc2)=[N+]1c1ccccc1. The second-order valence-corrected chi connectivity index (χ2v) is 11.9. The number of allylic oxidation sites excluding steroid dienone is 4. The predicted molar refractivity (Wildman–Crippen MR) is 182 cm³/mol. The molecule has 5 aromatic carbocycles. The molecule has 1 aliphatic heterocycles. The number of para-hydroxylation sites is 1. The molecule has 2 nitrogen and oxygen atoms in total. The molecule has 8 rings (SSSR count). The molecule has 3 aliphatic rings. The summed E-state index contributed by atoms with van der Waals surface area (Å²) in [5.41, 5.74) is 11.1. The van der Waals surface area contributed by atoms with Crippen molar-refractivity contribution in [1.82, 2.24) is 0 Å². The molecule has 212 valence electrons. The Hall–Kier alpha value is -5.08. The summed E-state index contributed by atoms with van der Waals surface area (Å²) >= 11 is 0. The zero-order chi connectivity index (χ0) is 29.5. The van der Waals surface area contributed by atoms with Gasteiger partial charge in [-0.2, -0.15) is 0 Å². The van der Waals surface area contributed by atoms with Crippen LogP contribution in [0.15, 0.2) is 163 Å². The van der Waals surface area contributed by atoms with E-state index in [0.29, 0.717) is 5.92 Å². The van der Waals surface area contributed by atoms with Gasteiger partial charge < -0.3 is 0 Å². The number of nitrogens with zero attached hydrogens (tertiary/aromatic N) is 2. The average molecular weight is 568 g/mol. The van der Waals surface area contributed by atoms with E-state index in [9.17, 15) is 0 Å². The highest BCUT2D eigenvalue weighted by atomic mass is 15.2. The maximum atomic E-state index is 5.56. The number of hydrogen-bond acceptors (Lipinski definition) is 1. The molecule has 0 saturated carbocycles. The Morgan fingerprint density at radius 2 is 1.34 bits per heavy atom. The lowest BCUT2D eigenvalue weighted by Crippen LogP contribution is -2.35. The summed E-state index contributed by atoms with van der Waals surface area (Å²) in [5.74, 6) is 1.31. The highest BCUT2D eigenvalue weighted by Gasteiger charge is 2.51. The van der Waals surface area contributed by atoms with Gasteiger partial charge >= 0.3 is 5.84 Å². The number of rotatable bonds is 6. The van der Waals surface area contributed by atoms with E-state index in [-0.39, 0.29) is 11.5 Å². The van der Waals surface area contributed by atoms with E-state index in [4.69, 9.17) is 4.99 Å². The standard InChI is InChI=1S/C42H35N2/c1-2-38-40(43-41(30-18-7-3-8-19-30)44(38)33-24-13-6-14-25-33)35-27-17-29-37-39(35)34-26-15-16-28-36(34)42(37,31-20-9-4-10-21-31)32-22-11-5-12-23-32/h3-22,24-29,32,38H,2,23H2,1H3/q+1. The van der Waals surface area contributed by atoms with Crippen LogP contribution in [0.4, 0.5) is 5.69 Å². The van der Waals surface area contributed by atoms with E-state index in [1.165, 1.54) is 39.1 Å². The van der Waals surface area contributed by atoms with Crippen LogP contribution < -0.4 is 0 Å². The number of hydrogen-bond donors (Lipinski definition) is 0. The fourth-order valence-corrected chi connectivity index (χ4v) is 7.91. The van der Waals surface area contributed by atoms with Crippen LogP contribution in [0.5, 0.6) is 0 Å². The third-order valence-corrected chi connectivity index (χ3v) is 9.69. The third kappa shape index (κ3) is 3.94. The summed E-state index contributed by atoms with van der Waals surface area (Å²) in [6.07, 6.45) is 11.1. The van der Waals surface area contributed by atoms with Crippen LogP contribution in [0.25, 0.3) is 11.1 Å². The summed E-state index contributed by atoms with van der Waals surface area (Å²) in [7, 11) is 0. The van der Waals surface area contributed by atoms with Gasteiger partial charge in [-0.1, -0.05) is 140 Å². The summed E-state index contributed by atoms with van der Waals surface area (Å²) in [5, 5.41) is 0. The molecule has 0 saturated heterocycles. The molecule has 44 heavy (non-hydrogen) atoms. The van der Waals surface area contributed by atoms with E-state index >= 15 is 0 Å². The molecule has 0 bridgehead atoms. The minimum Gasteiger partial charge on any atom is -0.213 e. The highest BCUT2D eigenvalue weighted by Crippen LogP contribution is 2.58. The van der Waals surface area contributed by atoms with Crippen LogP contribution in [-0.4, -0.2) is 22.2 Å². The van der Waals surface area contributed by atoms with Crippen LogP contribution >= 0.6 is 0 Å². The molecule has 2 heteroatoms. The molecule has 2 aliphatic carbocycles. The van der Waals surface area contributed by atoms with Crippen molar-refractivity contribution < 1.29 is 4.58 Å². The van der Waals surface area contributed by atoms with Gasteiger partial charge in [-0.05, 0) is 75.8 Å². The Kier molecular flexibility index (Phi) is 6.56. The van der Waals surface area contributed by atoms with Crippen molar-refractivity contribution in [2.75, 3.05) is 0 Å². The van der Waals surface area contributed by atoms with Gasteiger partial charge in [0.15, 0.2) is 6.04 Å². The fraction of sp³-hybridized carbons (Fsp3) is 0.143. The smallest absolute Gasteiger partial charge is 0.213 e. The second kappa shape index (κ2) is 10.9. The van der Waals surface area contributed by atoms with Gasteiger partial charge in [0.1, 0.15) is 5.69 Å².